The first kappa shape index (κ1) is 15.1. The highest BCUT2D eigenvalue weighted by Crippen LogP contribution is 2.22. The van der Waals surface area contributed by atoms with Crippen LogP contribution in [0.5, 0.6) is 0 Å². The van der Waals surface area contributed by atoms with Crippen LogP contribution in [0.4, 0.5) is 14.5 Å². The molecule has 1 heterocycles. The maximum absolute atomic E-state index is 13.5. The summed E-state index contributed by atoms with van der Waals surface area (Å²) in [6.07, 6.45) is 0.253. The van der Waals surface area contributed by atoms with Gasteiger partial charge in [-0.15, -0.1) is 0 Å². The van der Waals surface area contributed by atoms with Crippen LogP contribution in [-0.2, 0) is 14.8 Å². The summed E-state index contributed by atoms with van der Waals surface area (Å²) < 4.78 is 57.6. The average molecular weight is 308 g/mol. The number of benzene rings is 1. The van der Waals surface area contributed by atoms with Gasteiger partial charge in [0.05, 0.1) is 6.61 Å². The highest BCUT2D eigenvalue weighted by atomic mass is 32.2. The van der Waals surface area contributed by atoms with Gasteiger partial charge in [-0.25, -0.2) is 21.9 Å². The molecule has 0 saturated carbocycles. The lowest BCUT2D eigenvalue weighted by Crippen LogP contribution is -2.43. The summed E-state index contributed by atoms with van der Waals surface area (Å²) in [4.78, 5) is -0.891. The Kier molecular flexibility index (Phi) is 3.96. The summed E-state index contributed by atoms with van der Waals surface area (Å²) in [7, 11) is -4.32. The Morgan fingerprint density at radius 2 is 2.15 bits per heavy atom. The average Bonchev–Trinajstić information content (AvgIpc) is 2.79. The molecule has 0 amide bonds. The van der Waals surface area contributed by atoms with E-state index in [0.717, 1.165) is 6.07 Å². The molecule has 1 aromatic rings. The van der Waals surface area contributed by atoms with E-state index in [2.05, 4.69) is 0 Å². The maximum Gasteiger partial charge on any atom is 0.243 e. The van der Waals surface area contributed by atoms with Crippen LogP contribution in [-0.4, -0.2) is 38.9 Å². The Hall–Kier alpha value is -1.29. The van der Waals surface area contributed by atoms with E-state index in [0.29, 0.717) is 12.7 Å². The molecule has 9 heteroatoms. The van der Waals surface area contributed by atoms with Crippen molar-refractivity contribution in [3.05, 3.63) is 23.8 Å². The first-order valence-electron chi connectivity index (χ1n) is 5.78. The summed E-state index contributed by atoms with van der Waals surface area (Å²) in [6, 6.07) is 1.50. The normalized spacial score (nSPS) is 23.1. The van der Waals surface area contributed by atoms with Crippen molar-refractivity contribution in [2.45, 2.75) is 16.9 Å². The van der Waals surface area contributed by atoms with E-state index in [1.54, 1.807) is 0 Å². The maximum atomic E-state index is 13.5. The molecule has 4 N–H and O–H groups in total. The highest BCUT2D eigenvalue weighted by molar-refractivity contribution is 7.89. The van der Waals surface area contributed by atoms with Gasteiger partial charge in [-0.1, -0.05) is 0 Å². The fourth-order valence-electron chi connectivity index (χ4n) is 1.82. The monoisotopic (exact) mass is 308 g/mol. The standard InChI is InChI=1S/C11H14F2N2O4S/c12-8-3-7(14)4-9(10(8)13)20(17,18)15-5-11(16)1-2-19-6-11/h3-4,15-16H,1-2,5-6,14H2. The van der Waals surface area contributed by atoms with Gasteiger partial charge in [-0.05, 0) is 12.1 Å². The Labute approximate surface area is 114 Å². The molecule has 0 aliphatic carbocycles. The highest BCUT2D eigenvalue weighted by Gasteiger charge is 2.34. The van der Waals surface area contributed by atoms with Crippen LogP contribution in [0.1, 0.15) is 6.42 Å². The number of anilines is 1. The first-order chi connectivity index (χ1) is 9.23. The van der Waals surface area contributed by atoms with E-state index < -0.39 is 32.2 Å². The van der Waals surface area contributed by atoms with Crippen molar-refractivity contribution in [2.24, 2.45) is 0 Å². The van der Waals surface area contributed by atoms with E-state index in [-0.39, 0.29) is 25.3 Å². The lowest BCUT2D eigenvalue weighted by molar-refractivity contribution is 0.0314. The van der Waals surface area contributed by atoms with Gasteiger partial charge >= 0.3 is 0 Å². The van der Waals surface area contributed by atoms with Gasteiger partial charge in [0, 0.05) is 25.3 Å². The zero-order valence-corrected chi connectivity index (χ0v) is 11.2. The molecule has 0 bridgehead atoms. The van der Waals surface area contributed by atoms with Gasteiger partial charge < -0.3 is 15.6 Å². The first-order valence-corrected chi connectivity index (χ1v) is 7.26. The Balaban J connectivity index is 2.22. The number of hydrogen-bond donors (Lipinski definition) is 3. The van der Waals surface area contributed by atoms with Gasteiger partial charge in [-0.2, -0.15) is 0 Å². The zero-order valence-electron chi connectivity index (χ0n) is 10.4. The van der Waals surface area contributed by atoms with Crippen molar-refractivity contribution >= 4 is 15.7 Å². The molecule has 1 aliphatic rings. The topological polar surface area (TPSA) is 102 Å². The fraction of sp³-hybridized carbons (Fsp3) is 0.455. The Morgan fingerprint density at radius 3 is 2.75 bits per heavy atom. The van der Waals surface area contributed by atoms with Crippen LogP contribution in [0.15, 0.2) is 17.0 Å². The molecule has 112 valence electrons. The third-order valence-electron chi connectivity index (χ3n) is 2.98. The van der Waals surface area contributed by atoms with E-state index in [4.69, 9.17) is 10.5 Å². The molecule has 1 atom stereocenters. The molecular weight excluding hydrogens is 294 g/mol. The van der Waals surface area contributed by atoms with Crippen molar-refractivity contribution < 1.29 is 27.0 Å². The number of aliphatic hydroxyl groups is 1. The van der Waals surface area contributed by atoms with E-state index in [1.807, 2.05) is 4.72 Å². The molecular formula is C11H14F2N2O4S. The molecule has 1 fully saturated rings. The van der Waals surface area contributed by atoms with Crippen molar-refractivity contribution in [3.8, 4) is 0 Å². The molecule has 20 heavy (non-hydrogen) atoms. The number of rotatable bonds is 4. The predicted molar refractivity (Wildman–Crippen MR) is 66.3 cm³/mol. The molecule has 0 aromatic heterocycles. The number of ether oxygens (including phenoxy) is 1. The molecule has 6 nitrogen and oxygen atoms in total. The Morgan fingerprint density at radius 1 is 1.45 bits per heavy atom. The zero-order chi connectivity index (χ0) is 15.0. The molecule has 0 radical (unpaired) electrons. The SMILES string of the molecule is Nc1cc(F)c(F)c(S(=O)(=O)NCC2(O)CCOC2)c1. The number of sulfonamides is 1. The molecule has 1 aliphatic heterocycles. The smallest absolute Gasteiger partial charge is 0.243 e. The van der Waals surface area contributed by atoms with Gasteiger partial charge in [0.25, 0.3) is 0 Å². The van der Waals surface area contributed by atoms with E-state index in [9.17, 15) is 22.3 Å². The summed E-state index contributed by atoms with van der Waals surface area (Å²) in [6.45, 7) is -0.0754. The molecule has 1 aromatic carbocycles. The lowest BCUT2D eigenvalue weighted by atomic mass is 10.1. The minimum atomic E-state index is -4.32. The second-order valence-electron chi connectivity index (χ2n) is 4.67. The molecule has 2 rings (SSSR count). The lowest BCUT2D eigenvalue weighted by Gasteiger charge is -2.20. The van der Waals surface area contributed by atoms with Crippen LogP contribution in [0.3, 0.4) is 0 Å². The van der Waals surface area contributed by atoms with Crippen LogP contribution in [0.25, 0.3) is 0 Å². The van der Waals surface area contributed by atoms with E-state index in [1.165, 1.54) is 0 Å². The summed E-state index contributed by atoms with van der Waals surface area (Å²) in [5, 5.41) is 9.94. The number of nitrogen functional groups attached to an aromatic ring is 1. The second kappa shape index (κ2) is 5.24. The predicted octanol–water partition coefficient (Wildman–Crippen LogP) is -0.0233. The van der Waals surface area contributed by atoms with Crippen molar-refractivity contribution in [3.63, 3.8) is 0 Å². The third-order valence-corrected chi connectivity index (χ3v) is 4.38. The number of nitrogens with two attached hydrogens (primary N) is 1. The minimum absolute atomic E-state index is 0.0245. The van der Waals surface area contributed by atoms with Crippen molar-refractivity contribution in [2.75, 3.05) is 25.5 Å². The van der Waals surface area contributed by atoms with Gasteiger partial charge in [0.15, 0.2) is 11.6 Å². The minimum Gasteiger partial charge on any atom is -0.399 e. The van der Waals surface area contributed by atoms with Crippen molar-refractivity contribution in [1.29, 1.82) is 0 Å². The van der Waals surface area contributed by atoms with Gasteiger partial charge in [0.1, 0.15) is 10.5 Å². The number of hydrogen-bond acceptors (Lipinski definition) is 5. The largest absolute Gasteiger partial charge is 0.399 e. The molecule has 0 spiro atoms. The summed E-state index contributed by atoms with van der Waals surface area (Å²) in [5.74, 6) is -2.87. The van der Waals surface area contributed by atoms with E-state index >= 15 is 0 Å². The summed E-state index contributed by atoms with van der Waals surface area (Å²) in [5.41, 5.74) is 3.74. The molecule has 1 unspecified atom stereocenters. The fourth-order valence-corrected chi connectivity index (χ4v) is 3.06. The third kappa shape index (κ3) is 3.06. The quantitative estimate of drug-likeness (QED) is 0.678. The summed E-state index contributed by atoms with van der Waals surface area (Å²) >= 11 is 0. The molecule has 1 saturated heterocycles. The van der Waals surface area contributed by atoms with Crippen LogP contribution in [0, 0.1) is 11.6 Å². The second-order valence-corrected chi connectivity index (χ2v) is 6.40. The number of nitrogens with one attached hydrogen (secondary N) is 1. The van der Waals surface area contributed by atoms with Gasteiger partial charge in [0.2, 0.25) is 10.0 Å². The van der Waals surface area contributed by atoms with Crippen LogP contribution in [0.2, 0.25) is 0 Å². The number of halogens is 2. The van der Waals surface area contributed by atoms with Crippen molar-refractivity contribution in [1.82, 2.24) is 4.72 Å². The van der Waals surface area contributed by atoms with Gasteiger partial charge in [-0.3, -0.25) is 0 Å². The van der Waals surface area contributed by atoms with Crippen LogP contribution < -0.4 is 10.5 Å². The van der Waals surface area contributed by atoms with Crippen LogP contribution >= 0.6 is 0 Å². The Bertz CT molecular complexity index is 615.